The minimum Gasteiger partial charge on any atom is -0.350 e. The lowest BCUT2D eigenvalue weighted by Gasteiger charge is -2.20. The molecule has 21 heavy (non-hydrogen) atoms. The largest absolute Gasteiger partial charge is 0.350 e. The Morgan fingerprint density at radius 1 is 1.24 bits per heavy atom. The average Bonchev–Trinajstić information content (AvgIpc) is 2.76. The van der Waals surface area contributed by atoms with Crippen molar-refractivity contribution in [2.75, 3.05) is 6.54 Å². The van der Waals surface area contributed by atoms with E-state index in [2.05, 4.69) is 41.8 Å². The summed E-state index contributed by atoms with van der Waals surface area (Å²) in [4.78, 5) is 12.0. The first-order valence-electron chi connectivity index (χ1n) is 7.48. The zero-order valence-corrected chi connectivity index (χ0v) is 13.4. The molecule has 114 valence electrons. The van der Waals surface area contributed by atoms with Gasteiger partial charge in [0, 0.05) is 23.8 Å². The van der Waals surface area contributed by atoms with E-state index >= 15 is 0 Å². The van der Waals surface area contributed by atoms with E-state index < -0.39 is 0 Å². The molecule has 4 nitrogen and oxygen atoms in total. The molecular weight excluding hydrogens is 262 g/mol. The SMILES string of the molecule is CCNCc1ccc2c(ccn2CC(=O)NC(C)(C)C)c1. The summed E-state index contributed by atoms with van der Waals surface area (Å²) in [6.45, 7) is 10.3. The highest BCUT2D eigenvalue weighted by Gasteiger charge is 2.14. The van der Waals surface area contributed by atoms with E-state index in [-0.39, 0.29) is 11.4 Å². The van der Waals surface area contributed by atoms with Gasteiger partial charge >= 0.3 is 0 Å². The van der Waals surface area contributed by atoms with Crippen LogP contribution in [0.5, 0.6) is 0 Å². The minimum atomic E-state index is -0.195. The van der Waals surface area contributed by atoms with Gasteiger partial charge in [0.1, 0.15) is 6.54 Å². The third-order valence-corrected chi connectivity index (χ3v) is 3.24. The van der Waals surface area contributed by atoms with Crippen molar-refractivity contribution in [3.05, 3.63) is 36.0 Å². The van der Waals surface area contributed by atoms with Crippen LogP contribution in [0.4, 0.5) is 0 Å². The van der Waals surface area contributed by atoms with Crippen molar-refractivity contribution >= 4 is 16.8 Å². The van der Waals surface area contributed by atoms with Crippen LogP contribution in [0.1, 0.15) is 33.3 Å². The molecule has 0 saturated heterocycles. The number of nitrogens with zero attached hydrogens (tertiary/aromatic N) is 1. The first kappa shape index (κ1) is 15.6. The van der Waals surface area contributed by atoms with E-state index in [0.29, 0.717) is 6.54 Å². The number of amides is 1. The fourth-order valence-electron chi connectivity index (χ4n) is 2.38. The summed E-state index contributed by atoms with van der Waals surface area (Å²) >= 11 is 0. The van der Waals surface area contributed by atoms with Crippen LogP contribution in [0, 0.1) is 0 Å². The number of rotatable bonds is 5. The van der Waals surface area contributed by atoms with Gasteiger partial charge in [-0.05, 0) is 56.5 Å². The third-order valence-electron chi connectivity index (χ3n) is 3.24. The first-order chi connectivity index (χ1) is 9.89. The minimum absolute atomic E-state index is 0.0386. The highest BCUT2D eigenvalue weighted by Crippen LogP contribution is 2.18. The van der Waals surface area contributed by atoms with Gasteiger partial charge in [-0.2, -0.15) is 0 Å². The number of benzene rings is 1. The molecule has 1 aromatic heterocycles. The Morgan fingerprint density at radius 2 is 2.00 bits per heavy atom. The molecule has 0 saturated carbocycles. The smallest absolute Gasteiger partial charge is 0.240 e. The zero-order chi connectivity index (χ0) is 15.5. The molecule has 0 fully saturated rings. The fourth-order valence-corrected chi connectivity index (χ4v) is 2.38. The number of aromatic nitrogens is 1. The van der Waals surface area contributed by atoms with Crippen LogP contribution in [0.2, 0.25) is 0 Å². The Bertz CT molecular complexity index is 622. The van der Waals surface area contributed by atoms with Gasteiger partial charge in [-0.25, -0.2) is 0 Å². The maximum absolute atomic E-state index is 12.0. The highest BCUT2D eigenvalue weighted by molar-refractivity contribution is 5.84. The summed E-state index contributed by atoms with van der Waals surface area (Å²) in [6.07, 6.45) is 1.98. The average molecular weight is 287 g/mol. The third kappa shape index (κ3) is 4.33. The van der Waals surface area contributed by atoms with Crippen molar-refractivity contribution in [3.8, 4) is 0 Å². The molecule has 0 unspecified atom stereocenters. The van der Waals surface area contributed by atoms with Crippen molar-refractivity contribution in [2.24, 2.45) is 0 Å². The van der Waals surface area contributed by atoms with Crippen molar-refractivity contribution in [1.29, 1.82) is 0 Å². The molecule has 0 bridgehead atoms. The molecule has 0 radical (unpaired) electrons. The van der Waals surface area contributed by atoms with Crippen LogP contribution >= 0.6 is 0 Å². The second kappa shape index (κ2) is 6.31. The van der Waals surface area contributed by atoms with Gasteiger partial charge in [0.05, 0.1) is 0 Å². The summed E-state index contributed by atoms with van der Waals surface area (Å²) < 4.78 is 1.99. The zero-order valence-electron chi connectivity index (χ0n) is 13.4. The fraction of sp³-hybridized carbons (Fsp3) is 0.471. The molecule has 1 amide bonds. The van der Waals surface area contributed by atoms with Gasteiger partial charge in [0.2, 0.25) is 5.91 Å². The Morgan fingerprint density at radius 3 is 2.67 bits per heavy atom. The Balaban J connectivity index is 2.13. The highest BCUT2D eigenvalue weighted by atomic mass is 16.2. The molecule has 1 heterocycles. The van der Waals surface area contributed by atoms with E-state index in [4.69, 9.17) is 0 Å². The van der Waals surface area contributed by atoms with E-state index in [1.165, 1.54) is 10.9 Å². The van der Waals surface area contributed by atoms with Gasteiger partial charge in [-0.1, -0.05) is 13.0 Å². The van der Waals surface area contributed by atoms with Crippen LogP contribution < -0.4 is 10.6 Å². The Hall–Kier alpha value is -1.81. The number of hydrogen-bond acceptors (Lipinski definition) is 2. The second-order valence-corrected chi connectivity index (χ2v) is 6.42. The van der Waals surface area contributed by atoms with E-state index in [1.54, 1.807) is 0 Å². The molecule has 2 aromatic rings. The summed E-state index contributed by atoms with van der Waals surface area (Å²) in [7, 11) is 0. The molecule has 0 aliphatic carbocycles. The molecule has 0 aliphatic heterocycles. The van der Waals surface area contributed by atoms with Gasteiger partial charge in [0.25, 0.3) is 0 Å². The lowest BCUT2D eigenvalue weighted by atomic mass is 10.1. The van der Waals surface area contributed by atoms with E-state index in [9.17, 15) is 4.79 Å². The quantitative estimate of drug-likeness (QED) is 0.888. The first-order valence-corrected chi connectivity index (χ1v) is 7.48. The molecule has 0 spiro atoms. The Kier molecular flexibility index (Phi) is 4.68. The Labute approximate surface area is 126 Å². The maximum Gasteiger partial charge on any atom is 0.240 e. The van der Waals surface area contributed by atoms with E-state index in [0.717, 1.165) is 18.6 Å². The van der Waals surface area contributed by atoms with Crippen molar-refractivity contribution in [1.82, 2.24) is 15.2 Å². The summed E-state index contributed by atoms with van der Waals surface area (Å²) in [6, 6.07) is 8.45. The number of hydrogen-bond donors (Lipinski definition) is 2. The van der Waals surface area contributed by atoms with Crippen LogP contribution in [0.25, 0.3) is 10.9 Å². The van der Waals surface area contributed by atoms with Crippen LogP contribution in [0.15, 0.2) is 30.5 Å². The normalized spacial score (nSPS) is 11.8. The second-order valence-electron chi connectivity index (χ2n) is 6.42. The lowest BCUT2D eigenvalue weighted by Crippen LogP contribution is -2.42. The standard InChI is InChI=1S/C17H25N3O/c1-5-18-11-13-6-7-15-14(10-13)8-9-20(15)12-16(21)19-17(2,3)4/h6-10,18H,5,11-12H2,1-4H3,(H,19,21). The molecule has 1 aromatic carbocycles. The topological polar surface area (TPSA) is 46.1 Å². The van der Waals surface area contributed by atoms with Gasteiger partial charge < -0.3 is 15.2 Å². The van der Waals surface area contributed by atoms with E-state index in [1.807, 2.05) is 31.5 Å². The summed E-state index contributed by atoms with van der Waals surface area (Å²) in [5.41, 5.74) is 2.17. The van der Waals surface area contributed by atoms with Crippen LogP contribution in [0.3, 0.4) is 0 Å². The summed E-state index contributed by atoms with van der Waals surface area (Å²) in [5, 5.41) is 7.49. The molecule has 2 rings (SSSR count). The number of carbonyl (C=O) groups is 1. The number of carbonyl (C=O) groups excluding carboxylic acids is 1. The predicted octanol–water partition coefficient (Wildman–Crippen LogP) is 2.67. The van der Waals surface area contributed by atoms with Gasteiger partial charge in [-0.15, -0.1) is 0 Å². The molecule has 4 heteroatoms. The van der Waals surface area contributed by atoms with Gasteiger partial charge in [0.15, 0.2) is 0 Å². The van der Waals surface area contributed by atoms with Crippen molar-refractivity contribution in [3.63, 3.8) is 0 Å². The van der Waals surface area contributed by atoms with Crippen LogP contribution in [-0.4, -0.2) is 22.6 Å². The summed E-state index contributed by atoms with van der Waals surface area (Å²) in [5.74, 6) is 0.0386. The molecule has 0 atom stereocenters. The maximum atomic E-state index is 12.0. The van der Waals surface area contributed by atoms with Crippen LogP contribution in [-0.2, 0) is 17.9 Å². The molecular formula is C17H25N3O. The number of nitrogens with one attached hydrogen (secondary N) is 2. The predicted molar refractivity (Wildman–Crippen MR) is 87.2 cm³/mol. The lowest BCUT2D eigenvalue weighted by molar-refractivity contribution is -0.123. The molecule has 2 N–H and O–H groups in total. The molecule has 0 aliphatic rings. The van der Waals surface area contributed by atoms with Crippen molar-refractivity contribution in [2.45, 2.75) is 46.3 Å². The monoisotopic (exact) mass is 287 g/mol. The van der Waals surface area contributed by atoms with Crippen molar-refractivity contribution < 1.29 is 4.79 Å². The number of fused-ring (bicyclic) bond motifs is 1. The van der Waals surface area contributed by atoms with Gasteiger partial charge in [-0.3, -0.25) is 4.79 Å².